The third kappa shape index (κ3) is 3.44. The van der Waals surface area contributed by atoms with Crippen molar-refractivity contribution < 1.29 is 9.47 Å². The Morgan fingerprint density at radius 1 is 0.920 bits per heavy atom. The Morgan fingerprint density at radius 3 is 2.56 bits per heavy atom. The fourth-order valence-corrected chi connectivity index (χ4v) is 2.75. The zero-order valence-electron chi connectivity index (χ0n) is 13.4. The molecule has 0 fully saturated rings. The number of hydrogen-bond acceptors (Lipinski definition) is 6. The van der Waals surface area contributed by atoms with Gasteiger partial charge in [0.05, 0.1) is 0 Å². The van der Waals surface area contributed by atoms with Gasteiger partial charge in [-0.25, -0.2) is 9.97 Å². The number of ether oxygens (including phenoxy) is 2. The Bertz CT molecular complexity index is 933. The topological polar surface area (TPSA) is 68.3 Å². The maximum atomic E-state index is 5.99. The summed E-state index contributed by atoms with van der Waals surface area (Å²) >= 11 is 5.99. The number of aryl methyl sites for hydroxylation is 1. The Kier molecular flexibility index (Phi) is 4.03. The van der Waals surface area contributed by atoms with Crippen LogP contribution < -0.4 is 20.1 Å². The summed E-state index contributed by atoms with van der Waals surface area (Å²) in [5.74, 6) is 2.81. The maximum absolute atomic E-state index is 5.99. The Balaban J connectivity index is 1.53. The van der Waals surface area contributed by atoms with Gasteiger partial charge in [0.1, 0.15) is 18.0 Å². The lowest BCUT2D eigenvalue weighted by atomic mass is 10.2. The first-order chi connectivity index (χ1) is 12.2. The van der Waals surface area contributed by atoms with E-state index in [0.717, 1.165) is 22.7 Å². The zero-order chi connectivity index (χ0) is 17.2. The van der Waals surface area contributed by atoms with Gasteiger partial charge < -0.3 is 20.1 Å². The highest BCUT2D eigenvalue weighted by atomic mass is 35.5. The zero-order valence-corrected chi connectivity index (χ0v) is 14.2. The number of hydrogen-bond donors (Lipinski definition) is 2. The van der Waals surface area contributed by atoms with Crippen LogP contribution in [0.15, 0.2) is 48.8 Å². The molecular formula is C18H15ClN4O2. The van der Waals surface area contributed by atoms with Crippen molar-refractivity contribution in [1.82, 2.24) is 9.97 Å². The molecule has 0 unspecified atom stereocenters. The van der Waals surface area contributed by atoms with Gasteiger partial charge in [0, 0.05) is 28.5 Å². The summed E-state index contributed by atoms with van der Waals surface area (Å²) in [4.78, 5) is 8.51. The van der Waals surface area contributed by atoms with Crippen molar-refractivity contribution in [2.75, 3.05) is 17.4 Å². The van der Waals surface area contributed by atoms with Crippen molar-refractivity contribution in [3.8, 4) is 11.5 Å². The van der Waals surface area contributed by atoms with E-state index in [-0.39, 0.29) is 6.79 Å². The molecule has 0 spiro atoms. The average molecular weight is 355 g/mol. The lowest BCUT2D eigenvalue weighted by Gasteiger charge is -2.11. The molecule has 6 nitrogen and oxygen atoms in total. The molecule has 0 amide bonds. The Morgan fingerprint density at radius 2 is 1.72 bits per heavy atom. The molecule has 0 atom stereocenters. The third-order valence-electron chi connectivity index (χ3n) is 3.76. The lowest BCUT2D eigenvalue weighted by molar-refractivity contribution is 0.174. The molecule has 4 rings (SSSR count). The first-order valence-corrected chi connectivity index (χ1v) is 8.07. The molecule has 0 saturated heterocycles. The third-order valence-corrected chi connectivity index (χ3v) is 4.00. The van der Waals surface area contributed by atoms with Gasteiger partial charge in [-0.3, -0.25) is 0 Å². The fourth-order valence-electron chi connectivity index (χ4n) is 2.52. The second kappa shape index (κ2) is 6.49. The van der Waals surface area contributed by atoms with Gasteiger partial charge in [0.15, 0.2) is 11.5 Å². The number of halogens is 1. The van der Waals surface area contributed by atoms with Crippen LogP contribution in [-0.2, 0) is 0 Å². The van der Waals surface area contributed by atoms with Crippen LogP contribution in [0.4, 0.5) is 23.0 Å². The summed E-state index contributed by atoms with van der Waals surface area (Å²) in [5.41, 5.74) is 2.84. The molecule has 0 aliphatic carbocycles. The summed E-state index contributed by atoms with van der Waals surface area (Å²) in [6.45, 7) is 2.24. The number of fused-ring (bicyclic) bond motifs is 1. The highest BCUT2D eigenvalue weighted by Gasteiger charge is 2.13. The van der Waals surface area contributed by atoms with E-state index in [9.17, 15) is 0 Å². The molecule has 0 radical (unpaired) electrons. The van der Waals surface area contributed by atoms with Crippen molar-refractivity contribution in [2.45, 2.75) is 6.92 Å². The van der Waals surface area contributed by atoms with Crippen LogP contribution >= 0.6 is 11.6 Å². The second-order valence-electron chi connectivity index (χ2n) is 5.57. The highest BCUT2D eigenvalue weighted by molar-refractivity contribution is 6.30. The minimum atomic E-state index is 0.251. The smallest absolute Gasteiger partial charge is 0.231 e. The predicted molar refractivity (Wildman–Crippen MR) is 97.4 cm³/mol. The van der Waals surface area contributed by atoms with Gasteiger partial charge in [-0.05, 0) is 42.8 Å². The predicted octanol–water partition coefficient (Wildman–Crippen LogP) is 4.65. The van der Waals surface area contributed by atoms with E-state index in [1.54, 1.807) is 0 Å². The molecule has 3 aromatic rings. The molecule has 7 heteroatoms. The largest absolute Gasteiger partial charge is 0.454 e. The highest BCUT2D eigenvalue weighted by Crippen LogP contribution is 2.35. The number of anilines is 4. The molecule has 0 saturated carbocycles. The van der Waals surface area contributed by atoms with Crippen molar-refractivity contribution in [1.29, 1.82) is 0 Å². The summed E-state index contributed by atoms with van der Waals surface area (Å²) < 4.78 is 10.7. The van der Waals surface area contributed by atoms with Crippen molar-refractivity contribution in [2.24, 2.45) is 0 Å². The van der Waals surface area contributed by atoms with Crippen LogP contribution in [0.5, 0.6) is 11.5 Å². The summed E-state index contributed by atoms with van der Waals surface area (Å²) in [6.07, 6.45) is 1.50. The molecule has 25 heavy (non-hydrogen) atoms. The molecule has 2 aromatic carbocycles. The van der Waals surface area contributed by atoms with Crippen LogP contribution in [0.25, 0.3) is 0 Å². The van der Waals surface area contributed by atoms with Crippen LogP contribution in [0.3, 0.4) is 0 Å². The van der Waals surface area contributed by atoms with Gasteiger partial charge >= 0.3 is 0 Å². The van der Waals surface area contributed by atoms with Crippen molar-refractivity contribution in [3.05, 3.63) is 59.4 Å². The van der Waals surface area contributed by atoms with Crippen molar-refractivity contribution >= 4 is 34.6 Å². The Hall–Kier alpha value is -2.99. The minimum absolute atomic E-state index is 0.251. The molecular weight excluding hydrogens is 340 g/mol. The normalized spacial score (nSPS) is 12.1. The maximum Gasteiger partial charge on any atom is 0.231 e. The SMILES string of the molecule is Cc1cc(Cl)ccc1Nc1cc(Nc2ccc3c(c2)OCO3)ncn1. The van der Waals surface area contributed by atoms with E-state index in [1.807, 2.05) is 49.4 Å². The van der Waals surface area contributed by atoms with Crippen molar-refractivity contribution in [3.63, 3.8) is 0 Å². The number of aromatic nitrogens is 2. The van der Waals surface area contributed by atoms with Gasteiger partial charge in [-0.1, -0.05) is 11.6 Å². The first-order valence-electron chi connectivity index (χ1n) is 7.69. The number of benzene rings is 2. The minimum Gasteiger partial charge on any atom is -0.454 e. The standard InChI is InChI=1S/C18H15ClN4O2/c1-11-6-12(19)2-4-14(11)23-18-8-17(20-9-21-18)22-13-3-5-15-16(7-13)25-10-24-15/h2-9H,10H2,1H3,(H2,20,21,22,23). The number of nitrogens with zero attached hydrogens (tertiary/aromatic N) is 2. The van der Waals surface area contributed by atoms with Gasteiger partial charge in [-0.2, -0.15) is 0 Å². The van der Waals surface area contributed by atoms with Gasteiger partial charge in [0.2, 0.25) is 6.79 Å². The van der Waals surface area contributed by atoms with E-state index in [0.29, 0.717) is 22.4 Å². The van der Waals surface area contributed by atoms with E-state index >= 15 is 0 Å². The Labute approximate surface area is 149 Å². The lowest BCUT2D eigenvalue weighted by Crippen LogP contribution is -1.99. The van der Waals surface area contributed by atoms with E-state index < -0.39 is 0 Å². The van der Waals surface area contributed by atoms with Crippen LogP contribution in [-0.4, -0.2) is 16.8 Å². The average Bonchev–Trinajstić information content (AvgIpc) is 3.05. The summed E-state index contributed by atoms with van der Waals surface area (Å²) in [6, 6.07) is 13.1. The monoisotopic (exact) mass is 354 g/mol. The molecule has 1 aliphatic rings. The second-order valence-corrected chi connectivity index (χ2v) is 6.00. The molecule has 1 aromatic heterocycles. The molecule has 2 heterocycles. The van der Waals surface area contributed by atoms with Crippen LogP contribution in [0.1, 0.15) is 5.56 Å². The van der Waals surface area contributed by atoms with Gasteiger partial charge in [0.25, 0.3) is 0 Å². The quantitative estimate of drug-likeness (QED) is 0.710. The van der Waals surface area contributed by atoms with Gasteiger partial charge in [-0.15, -0.1) is 0 Å². The fraction of sp³-hybridized carbons (Fsp3) is 0.111. The van der Waals surface area contributed by atoms with E-state index in [4.69, 9.17) is 21.1 Å². The van der Waals surface area contributed by atoms with Crippen LogP contribution in [0, 0.1) is 6.92 Å². The molecule has 0 bridgehead atoms. The van der Waals surface area contributed by atoms with E-state index in [1.165, 1.54) is 6.33 Å². The van der Waals surface area contributed by atoms with Crippen LogP contribution in [0.2, 0.25) is 5.02 Å². The van der Waals surface area contributed by atoms with E-state index in [2.05, 4.69) is 20.6 Å². The molecule has 126 valence electrons. The molecule has 2 N–H and O–H groups in total. The first kappa shape index (κ1) is 15.5. The molecule has 1 aliphatic heterocycles. The number of nitrogens with one attached hydrogen (secondary N) is 2. The number of rotatable bonds is 4. The summed E-state index contributed by atoms with van der Waals surface area (Å²) in [5, 5.41) is 7.21. The summed E-state index contributed by atoms with van der Waals surface area (Å²) in [7, 11) is 0.